The summed E-state index contributed by atoms with van der Waals surface area (Å²) in [6, 6.07) is 6.57. The number of halogens is 1. The maximum Gasteiger partial charge on any atom is 0.325 e. The van der Waals surface area contributed by atoms with Crippen molar-refractivity contribution in [3.63, 3.8) is 0 Å². The van der Waals surface area contributed by atoms with Crippen LogP contribution in [0.25, 0.3) is 0 Å². The second-order valence-electron chi connectivity index (χ2n) is 7.19. The third kappa shape index (κ3) is 3.37. The van der Waals surface area contributed by atoms with Gasteiger partial charge < -0.3 is 9.88 Å². The molecule has 1 unspecified atom stereocenters. The van der Waals surface area contributed by atoms with E-state index < -0.39 is 23.3 Å². The van der Waals surface area contributed by atoms with Crippen LogP contribution in [-0.2, 0) is 16.9 Å². The molecule has 0 aliphatic carbocycles. The number of amides is 3. The third-order valence-electron chi connectivity index (χ3n) is 5.53. The number of carbonyl (C=O) groups is 3. The lowest BCUT2D eigenvalue weighted by Crippen LogP contribution is -2.43. The number of hydrogen-bond donors (Lipinski definition) is 1. The molecule has 152 valence electrons. The predicted octanol–water partition coefficient (Wildman–Crippen LogP) is 3.47. The highest BCUT2D eigenvalue weighted by Crippen LogP contribution is 2.32. The highest BCUT2D eigenvalue weighted by molar-refractivity contribution is 6.11. The summed E-state index contributed by atoms with van der Waals surface area (Å²) in [5.41, 5.74) is 1.32. The fourth-order valence-corrected chi connectivity index (χ4v) is 3.87. The molecular weight excluding hydrogens is 373 g/mol. The van der Waals surface area contributed by atoms with E-state index in [1.807, 2.05) is 18.4 Å². The maximum atomic E-state index is 13.3. The van der Waals surface area contributed by atoms with Crippen LogP contribution >= 0.6 is 0 Å². The number of rotatable bonds is 7. The molecule has 2 aromatic rings. The van der Waals surface area contributed by atoms with Crippen LogP contribution in [0.1, 0.15) is 40.7 Å². The number of urea groups is 1. The summed E-state index contributed by atoms with van der Waals surface area (Å²) in [6.07, 6.45) is 2.02. The van der Waals surface area contributed by atoms with Gasteiger partial charge in [0.2, 0.25) is 0 Å². The number of nitrogens with zero attached hydrogens (tertiary/aromatic N) is 2. The topological polar surface area (TPSA) is 71.4 Å². The first-order valence-electron chi connectivity index (χ1n) is 9.46. The first-order valence-corrected chi connectivity index (χ1v) is 9.46. The third-order valence-corrected chi connectivity index (χ3v) is 5.53. The molecule has 0 radical (unpaired) electrons. The smallest absolute Gasteiger partial charge is 0.325 e. The zero-order chi connectivity index (χ0) is 21.3. The number of benzene rings is 1. The van der Waals surface area contributed by atoms with E-state index in [-0.39, 0.29) is 18.7 Å². The van der Waals surface area contributed by atoms with E-state index in [4.69, 9.17) is 0 Å². The standard InChI is InChI=1S/C22H24FN3O3/c1-5-11-25-14(3)12-18(15(25)4)19(27)13-26-20(28)22(6-2,24-21(26)29)16-7-9-17(23)10-8-16/h5,7-10,12H,1,6,11,13H2,2-4H3,(H,24,29). The quantitative estimate of drug-likeness (QED) is 0.442. The van der Waals surface area contributed by atoms with Crippen molar-refractivity contribution < 1.29 is 18.8 Å². The van der Waals surface area contributed by atoms with Gasteiger partial charge in [-0.1, -0.05) is 25.1 Å². The van der Waals surface area contributed by atoms with Gasteiger partial charge in [-0.3, -0.25) is 14.5 Å². The van der Waals surface area contributed by atoms with E-state index >= 15 is 0 Å². The number of carbonyl (C=O) groups excluding carboxylic acids is 3. The molecule has 1 aliphatic rings. The van der Waals surface area contributed by atoms with Crippen LogP contribution in [0.5, 0.6) is 0 Å². The van der Waals surface area contributed by atoms with Crippen molar-refractivity contribution in [1.29, 1.82) is 0 Å². The van der Waals surface area contributed by atoms with Gasteiger partial charge in [0.05, 0.1) is 6.54 Å². The van der Waals surface area contributed by atoms with E-state index in [0.717, 1.165) is 16.3 Å². The summed E-state index contributed by atoms with van der Waals surface area (Å²) < 4.78 is 15.2. The Morgan fingerprint density at radius 3 is 2.48 bits per heavy atom. The van der Waals surface area contributed by atoms with Crippen LogP contribution in [-0.4, -0.2) is 33.7 Å². The average Bonchev–Trinajstić information content (AvgIpc) is 3.11. The van der Waals surface area contributed by atoms with E-state index in [9.17, 15) is 18.8 Å². The first kappa shape index (κ1) is 20.5. The molecule has 6 nitrogen and oxygen atoms in total. The molecular formula is C22H24FN3O3. The van der Waals surface area contributed by atoms with Gasteiger partial charge in [-0.25, -0.2) is 9.18 Å². The Balaban J connectivity index is 1.89. The fourth-order valence-electron chi connectivity index (χ4n) is 3.87. The number of aryl methyl sites for hydroxylation is 1. The van der Waals surface area contributed by atoms with Gasteiger partial charge in [-0.2, -0.15) is 0 Å². The van der Waals surface area contributed by atoms with Crippen molar-refractivity contribution in [3.8, 4) is 0 Å². The maximum absolute atomic E-state index is 13.3. The molecule has 29 heavy (non-hydrogen) atoms. The first-order chi connectivity index (χ1) is 13.7. The molecule has 0 spiro atoms. The van der Waals surface area contributed by atoms with Gasteiger partial charge >= 0.3 is 6.03 Å². The zero-order valence-corrected chi connectivity index (χ0v) is 16.8. The second kappa shape index (κ2) is 7.66. The van der Waals surface area contributed by atoms with Crippen molar-refractivity contribution in [2.24, 2.45) is 0 Å². The Bertz CT molecular complexity index is 993. The van der Waals surface area contributed by atoms with Gasteiger partial charge in [0.1, 0.15) is 11.4 Å². The monoisotopic (exact) mass is 397 g/mol. The van der Waals surface area contributed by atoms with Gasteiger partial charge in [-0.05, 0) is 44.0 Å². The number of nitrogens with one attached hydrogen (secondary N) is 1. The molecule has 3 amide bonds. The van der Waals surface area contributed by atoms with Crippen LogP contribution in [0.2, 0.25) is 0 Å². The molecule has 2 heterocycles. The van der Waals surface area contributed by atoms with Crippen LogP contribution in [0, 0.1) is 19.7 Å². The number of ketones is 1. The lowest BCUT2D eigenvalue weighted by atomic mass is 9.87. The Hall–Kier alpha value is -3.22. The molecule has 1 aromatic heterocycles. The van der Waals surface area contributed by atoms with Crippen molar-refractivity contribution in [2.75, 3.05) is 6.54 Å². The Kier molecular flexibility index (Phi) is 5.42. The van der Waals surface area contributed by atoms with Gasteiger partial charge in [0.15, 0.2) is 5.78 Å². The number of Topliss-reactive ketones (excluding diaryl/α,β-unsaturated/α-hetero) is 1. The van der Waals surface area contributed by atoms with Crippen molar-refractivity contribution >= 4 is 17.7 Å². The van der Waals surface area contributed by atoms with Crippen LogP contribution in [0.4, 0.5) is 9.18 Å². The van der Waals surface area contributed by atoms with E-state index in [1.165, 1.54) is 24.3 Å². The van der Waals surface area contributed by atoms with E-state index in [1.54, 1.807) is 19.1 Å². The minimum absolute atomic E-state index is 0.280. The normalized spacial score (nSPS) is 18.8. The molecule has 3 rings (SSSR count). The largest absolute Gasteiger partial charge is 0.345 e. The molecule has 1 saturated heterocycles. The summed E-state index contributed by atoms with van der Waals surface area (Å²) in [7, 11) is 0. The number of hydrogen-bond acceptors (Lipinski definition) is 3. The molecule has 1 N–H and O–H groups in total. The molecule has 1 aromatic carbocycles. The molecule has 1 aliphatic heterocycles. The van der Waals surface area contributed by atoms with Crippen molar-refractivity contribution in [3.05, 3.63) is 71.3 Å². The van der Waals surface area contributed by atoms with Crippen LogP contribution < -0.4 is 5.32 Å². The predicted molar refractivity (Wildman–Crippen MR) is 107 cm³/mol. The minimum Gasteiger partial charge on any atom is -0.345 e. The van der Waals surface area contributed by atoms with Crippen molar-refractivity contribution in [2.45, 2.75) is 39.3 Å². The van der Waals surface area contributed by atoms with Gasteiger partial charge in [0.25, 0.3) is 5.91 Å². The van der Waals surface area contributed by atoms with Crippen LogP contribution in [0.15, 0.2) is 43.0 Å². The van der Waals surface area contributed by atoms with Crippen molar-refractivity contribution in [1.82, 2.24) is 14.8 Å². The van der Waals surface area contributed by atoms with E-state index in [2.05, 4.69) is 11.9 Å². The lowest BCUT2D eigenvalue weighted by Gasteiger charge is -2.25. The summed E-state index contributed by atoms with van der Waals surface area (Å²) >= 11 is 0. The highest BCUT2D eigenvalue weighted by atomic mass is 19.1. The molecule has 0 bridgehead atoms. The Morgan fingerprint density at radius 1 is 1.24 bits per heavy atom. The molecule has 1 atom stereocenters. The lowest BCUT2D eigenvalue weighted by molar-refractivity contribution is -0.131. The SMILES string of the molecule is C=CCn1c(C)cc(C(=O)CN2C(=O)NC(CC)(c3ccc(F)cc3)C2=O)c1C. The van der Waals surface area contributed by atoms with Gasteiger partial charge in [-0.15, -0.1) is 6.58 Å². The number of aromatic nitrogens is 1. The molecule has 7 heteroatoms. The zero-order valence-electron chi connectivity index (χ0n) is 16.8. The van der Waals surface area contributed by atoms with Gasteiger partial charge in [0, 0.05) is 23.5 Å². The van der Waals surface area contributed by atoms with E-state index in [0.29, 0.717) is 17.7 Å². The fraction of sp³-hybridized carbons (Fsp3) is 0.318. The highest BCUT2D eigenvalue weighted by Gasteiger charge is 2.51. The Morgan fingerprint density at radius 2 is 1.90 bits per heavy atom. The average molecular weight is 397 g/mol. The number of allylic oxidation sites excluding steroid dienone is 1. The minimum atomic E-state index is -1.30. The summed E-state index contributed by atoms with van der Waals surface area (Å²) in [6.45, 7) is 9.40. The molecule has 0 saturated carbocycles. The Labute approximate surface area is 169 Å². The van der Waals surface area contributed by atoms with Crippen LogP contribution in [0.3, 0.4) is 0 Å². The molecule has 1 fully saturated rings. The summed E-state index contributed by atoms with van der Waals surface area (Å²) in [5.74, 6) is -1.26. The number of imide groups is 1. The second-order valence-corrected chi connectivity index (χ2v) is 7.19. The summed E-state index contributed by atoms with van der Waals surface area (Å²) in [5, 5.41) is 2.71. The summed E-state index contributed by atoms with van der Waals surface area (Å²) in [4.78, 5) is 39.6.